The molecule has 3 aromatic rings. The minimum absolute atomic E-state index is 0.239. The van der Waals surface area contributed by atoms with Gasteiger partial charge in [0.1, 0.15) is 5.78 Å². The molecule has 2 aliphatic rings. The smallest absolute Gasteiger partial charge is 0.146 e. The Morgan fingerprint density at radius 1 is 1.03 bits per heavy atom. The Balaban J connectivity index is 1.30. The van der Waals surface area contributed by atoms with Gasteiger partial charge in [-0.1, -0.05) is 73.9 Å². The Morgan fingerprint density at radius 3 is 2.61 bits per heavy atom. The van der Waals surface area contributed by atoms with Crippen molar-refractivity contribution in [2.75, 3.05) is 19.6 Å². The first-order chi connectivity index (χ1) is 16.1. The highest BCUT2D eigenvalue weighted by Gasteiger charge is 2.39. The van der Waals surface area contributed by atoms with Gasteiger partial charge in [0.15, 0.2) is 0 Å². The fraction of sp³-hybridized carbons (Fsp3) is 0.433. The molecule has 0 bridgehead atoms. The molecule has 1 fully saturated rings. The fourth-order valence-corrected chi connectivity index (χ4v) is 6.77. The Morgan fingerprint density at radius 2 is 1.85 bits per heavy atom. The van der Waals surface area contributed by atoms with E-state index in [4.69, 9.17) is 0 Å². The molecule has 2 aromatic carbocycles. The second kappa shape index (κ2) is 9.95. The number of carbonyl (C=O) groups is 1. The van der Waals surface area contributed by atoms with Gasteiger partial charge in [0.05, 0.1) is 5.41 Å². The van der Waals surface area contributed by atoms with E-state index in [-0.39, 0.29) is 5.92 Å². The molecule has 2 nitrogen and oxygen atoms in total. The van der Waals surface area contributed by atoms with Crippen LogP contribution in [0.25, 0.3) is 15.7 Å². The molecule has 3 heteroatoms. The largest absolute Gasteiger partial charge is 0.299 e. The summed E-state index contributed by atoms with van der Waals surface area (Å²) >= 11 is 1.84. The lowest BCUT2D eigenvalue weighted by atomic mass is 9.69. The second-order valence-corrected chi connectivity index (χ2v) is 11.0. The Bertz CT molecular complexity index is 1120. The third-order valence-corrected chi connectivity index (χ3v) is 8.94. The van der Waals surface area contributed by atoms with Gasteiger partial charge in [-0.2, -0.15) is 0 Å². The van der Waals surface area contributed by atoms with Crippen LogP contribution < -0.4 is 0 Å². The highest BCUT2D eigenvalue weighted by atomic mass is 32.1. The molecule has 5 rings (SSSR count). The van der Waals surface area contributed by atoms with Gasteiger partial charge in [-0.25, -0.2) is 0 Å². The summed E-state index contributed by atoms with van der Waals surface area (Å²) in [4.78, 5) is 16.3. The highest BCUT2D eigenvalue weighted by Crippen LogP contribution is 2.37. The number of hydrogen-bond donors (Lipinski definition) is 0. The number of Topliss-reactive ketones (excluding diaryl/α,β-unsaturated/α-hetero) is 1. The molecule has 1 aromatic heterocycles. The quantitative estimate of drug-likeness (QED) is 0.366. The van der Waals surface area contributed by atoms with Crippen molar-refractivity contribution >= 4 is 32.8 Å². The molecule has 33 heavy (non-hydrogen) atoms. The highest BCUT2D eigenvalue weighted by molar-refractivity contribution is 7.17. The third-order valence-electron chi connectivity index (χ3n) is 7.98. The molecule has 0 saturated heterocycles. The first-order valence-corrected chi connectivity index (χ1v) is 13.5. The van der Waals surface area contributed by atoms with E-state index in [2.05, 4.69) is 77.9 Å². The molecule has 0 N–H and O–H groups in total. The third kappa shape index (κ3) is 4.72. The van der Waals surface area contributed by atoms with Crippen LogP contribution in [-0.4, -0.2) is 30.3 Å². The van der Waals surface area contributed by atoms with E-state index in [1.165, 1.54) is 46.0 Å². The first kappa shape index (κ1) is 22.6. The minimum atomic E-state index is -0.393. The average molecular weight is 458 g/mol. The zero-order valence-corrected chi connectivity index (χ0v) is 20.6. The van der Waals surface area contributed by atoms with E-state index in [1.54, 1.807) is 0 Å². The van der Waals surface area contributed by atoms with E-state index >= 15 is 0 Å². The van der Waals surface area contributed by atoms with E-state index < -0.39 is 5.41 Å². The van der Waals surface area contributed by atoms with Gasteiger partial charge in [-0.15, -0.1) is 11.3 Å². The van der Waals surface area contributed by atoms with Gasteiger partial charge < -0.3 is 0 Å². The monoisotopic (exact) mass is 457 g/mol. The maximum absolute atomic E-state index is 13.8. The van der Waals surface area contributed by atoms with Crippen LogP contribution >= 0.6 is 11.3 Å². The summed E-state index contributed by atoms with van der Waals surface area (Å²) in [7, 11) is 0. The Hall–Kier alpha value is -2.23. The summed E-state index contributed by atoms with van der Waals surface area (Å²) in [5.74, 6) is 0.717. The maximum Gasteiger partial charge on any atom is 0.146 e. The molecule has 1 aliphatic carbocycles. The van der Waals surface area contributed by atoms with Gasteiger partial charge >= 0.3 is 0 Å². The molecular formula is C30H35NOS. The van der Waals surface area contributed by atoms with Crippen LogP contribution in [-0.2, 0) is 10.2 Å². The van der Waals surface area contributed by atoms with Crippen molar-refractivity contribution in [2.45, 2.75) is 57.3 Å². The summed E-state index contributed by atoms with van der Waals surface area (Å²) in [5, 5.41) is 3.54. The first-order valence-electron chi connectivity index (χ1n) is 12.6. The van der Waals surface area contributed by atoms with Crippen LogP contribution in [0.15, 0.2) is 66.1 Å². The van der Waals surface area contributed by atoms with E-state index in [1.807, 2.05) is 11.3 Å². The van der Waals surface area contributed by atoms with Crippen LogP contribution in [0.5, 0.6) is 0 Å². The lowest BCUT2D eigenvalue weighted by Gasteiger charge is -2.36. The minimum Gasteiger partial charge on any atom is -0.299 e. The van der Waals surface area contributed by atoms with Crippen molar-refractivity contribution in [1.82, 2.24) is 4.90 Å². The van der Waals surface area contributed by atoms with Crippen LogP contribution in [0.1, 0.15) is 63.0 Å². The molecule has 0 spiro atoms. The summed E-state index contributed by atoms with van der Waals surface area (Å²) in [6.45, 7) is 5.22. The zero-order valence-electron chi connectivity index (χ0n) is 19.8. The second-order valence-electron chi connectivity index (χ2n) is 10.1. The molecule has 172 valence electrons. The SMILES string of the molecule is CC(CCN1CC=C(c2cccc3ccsc23)CC1)(C(=O)C1CCCCC1)c1ccccc1. The van der Waals surface area contributed by atoms with Gasteiger partial charge in [0.25, 0.3) is 0 Å². The van der Waals surface area contributed by atoms with Crippen molar-refractivity contribution in [3.05, 3.63) is 77.2 Å². The normalized spacial score (nSPS) is 19.8. The topological polar surface area (TPSA) is 20.3 Å². The van der Waals surface area contributed by atoms with Gasteiger partial charge in [-0.3, -0.25) is 9.69 Å². The van der Waals surface area contributed by atoms with Crippen LogP contribution in [0.2, 0.25) is 0 Å². The van der Waals surface area contributed by atoms with Gasteiger partial charge in [-0.05, 0) is 72.7 Å². The number of benzene rings is 2. The average Bonchev–Trinajstić information content (AvgIpc) is 3.37. The summed E-state index contributed by atoms with van der Waals surface area (Å²) in [6.07, 6.45) is 10.2. The number of hydrogen-bond acceptors (Lipinski definition) is 3. The fourth-order valence-electron chi connectivity index (χ4n) is 5.82. The van der Waals surface area contributed by atoms with Crippen molar-refractivity contribution in [3.63, 3.8) is 0 Å². The lowest BCUT2D eigenvalue weighted by Crippen LogP contribution is -2.42. The van der Waals surface area contributed by atoms with Crippen molar-refractivity contribution < 1.29 is 4.79 Å². The maximum atomic E-state index is 13.8. The predicted molar refractivity (Wildman–Crippen MR) is 141 cm³/mol. The van der Waals surface area contributed by atoms with Crippen LogP contribution in [0.4, 0.5) is 0 Å². The standard InChI is InChI=1S/C30H35NOS/c1-30(26-12-6-3-7-13-26,29(32)25-9-4-2-5-10-25)18-21-31-19-15-23(16-20-31)27-14-8-11-24-17-22-33-28(24)27/h3,6-8,11-15,17,22,25H,2,4-5,9-10,16,18-21H2,1H3. The van der Waals surface area contributed by atoms with E-state index in [0.717, 1.165) is 45.3 Å². The molecule has 2 heterocycles. The Labute approximate surface area is 202 Å². The van der Waals surface area contributed by atoms with Crippen LogP contribution in [0, 0.1) is 5.92 Å². The molecule has 1 unspecified atom stereocenters. The summed E-state index contributed by atoms with van der Waals surface area (Å²) in [6, 6.07) is 19.4. The van der Waals surface area contributed by atoms with Crippen molar-refractivity contribution in [1.29, 1.82) is 0 Å². The van der Waals surface area contributed by atoms with Crippen LogP contribution in [0.3, 0.4) is 0 Å². The number of carbonyl (C=O) groups excluding carboxylic acids is 1. The number of thiophene rings is 1. The molecule has 0 radical (unpaired) electrons. The predicted octanol–water partition coefficient (Wildman–Crippen LogP) is 7.49. The molecule has 1 saturated carbocycles. The molecule has 1 atom stereocenters. The van der Waals surface area contributed by atoms with Gasteiger partial charge in [0, 0.05) is 23.7 Å². The summed E-state index contributed by atoms with van der Waals surface area (Å²) < 4.78 is 1.41. The number of nitrogens with zero attached hydrogens (tertiary/aromatic N) is 1. The number of rotatable bonds is 7. The number of fused-ring (bicyclic) bond motifs is 1. The van der Waals surface area contributed by atoms with Crippen molar-refractivity contribution in [2.24, 2.45) is 5.92 Å². The Kier molecular flexibility index (Phi) is 6.80. The molecule has 1 aliphatic heterocycles. The lowest BCUT2D eigenvalue weighted by molar-refractivity contribution is -0.129. The zero-order chi connectivity index (χ0) is 22.7. The molecule has 0 amide bonds. The van der Waals surface area contributed by atoms with Crippen molar-refractivity contribution in [3.8, 4) is 0 Å². The van der Waals surface area contributed by atoms with E-state index in [9.17, 15) is 4.79 Å². The van der Waals surface area contributed by atoms with E-state index in [0.29, 0.717) is 5.78 Å². The molecular weight excluding hydrogens is 422 g/mol. The summed E-state index contributed by atoms with van der Waals surface area (Å²) in [5.41, 5.74) is 3.68. The number of ketones is 1. The van der Waals surface area contributed by atoms with Gasteiger partial charge in [0.2, 0.25) is 0 Å².